The summed E-state index contributed by atoms with van der Waals surface area (Å²) in [6.07, 6.45) is -2.86. The Bertz CT molecular complexity index is 1020. The fourth-order valence-electron chi connectivity index (χ4n) is 2.40. The highest BCUT2D eigenvalue weighted by Crippen LogP contribution is 2.33. The molecule has 0 radical (unpaired) electrons. The molecule has 0 aliphatic rings. The summed E-state index contributed by atoms with van der Waals surface area (Å²) >= 11 is 1.25. The number of carbonyl (C=O) groups is 1. The number of carbonyl (C=O) groups excluding carboxylic acids is 1. The molecule has 0 bridgehead atoms. The van der Waals surface area contributed by atoms with Crippen molar-refractivity contribution in [3.63, 3.8) is 0 Å². The summed E-state index contributed by atoms with van der Waals surface area (Å²) in [7, 11) is 0. The molecule has 0 unspecified atom stereocenters. The maximum Gasteiger partial charge on any atom is 0.416 e. The van der Waals surface area contributed by atoms with Crippen molar-refractivity contribution < 1.29 is 22.8 Å². The minimum atomic E-state index is -4.61. The zero-order chi connectivity index (χ0) is 23.4. The van der Waals surface area contributed by atoms with Crippen molar-refractivity contribution in [3.05, 3.63) is 51.4 Å². The SMILES string of the molecule is C=C(C)NOc1ccc(C(F)(F)F)cc1C(=O)N=c1sc(C(C)(C)C)nn1CCCC. The molecule has 31 heavy (non-hydrogen) atoms. The number of alkyl halides is 3. The predicted octanol–water partition coefficient (Wildman–Crippen LogP) is 5.22. The Labute approximate surface area is 183 Å². The predicted molar refractivity (Wildman–Crippen MR) is 114 cm³/mol. The maximum absolute atomic E-state index is 13.2. The lowest BCUT2D eigenvalue weighted by Crippen LogP contribution is -2.21. The van der Waals surface area contributed by atoms with Crippen LogP contribution in [0.25, 0.3) is 0 Å². The fraction of sp³-hybridized carbons (Fsp3) is 0.476. The number of nitrogens with zero attached hydrogens (tertiary/aromatic N) is 3. The van der Waals surface area contributed by atoms with Crippen LogP contribution in [0.3, 0.4) is 0 Å². The molecule has 2 rings (SSSR count). The quantitative estimate of drug-likeness (QED) is 0.580. The second-order valence-corrected chi connectivity index (χ2v) is 9.08. The van der Waals surface area contributed by atoms with E-state index in [1.165, 1.54) is 11.3 Å². The van der Waals surface area contributed by atoms with Gasteiger partial charge in [0.25, 0.3) is 5.91 Å². The average Bonchev–Trinajstić information content (AvgIpc) is 3.06. The lowest BCUT2D eigenvalue weighted by atomic mass is 9.98. The number of aryl methyl sites for hydroxylation is 1. The molecule has 0 atom stereocenters. The number of rotatable bonds is 7. The third-order valence-electron chi connectivity index (χ3n) is 4.06. The number of hydroxylamine groups is 1. The number of allylic oxidation sites excluding steroid dienone is 1. The second-order valence-electron chi connectivity index (χ2n) is 8.13. The smallest absolute Gasteiger partial charge is 0.382 e. The molecule has 0 spiro atoms. The van der Waals surface area contributed by atoms with Crippen molar-refractivity contribution in [2.24, 2.45) is 4.99 Å². The highest BCUT2D eigenvalue weighted by molar-refractivity contribution is 7.09. The van der Waals surface area contributed by atoms with E-state index in [0.29, 0.717) is 17.0 Å². The number of nitrogens with one attached hydrogen (secondary N) is 1. The van der Waals surface area contributed by atoms with Crippen molar-refractivity contribution in [1.29, 1.82) is 0 Å². The molecule has 0 saturated carbocycles. The first kappa shape index (κ1) is 24.6. The van der Waals surface area contributed by atoms with Gasteiger partial charge in [-0.1, -0.05) is 52.0 Å². The van der Waals surface area contributed by atoms with Gasteiger partial charge in [0.2, 0.25) is 4.80 Å². The molecular formula is C21H27F3N4O2S. The Hall–Kier alpha value is -2.62. The first-order valence-electron chi connectivity index (χ1n) is 9.80. The van der Waals surface area contributed by atoms with Crippen molar-refractivity contribution in [3.8, 4) is 5.75 Å². The fourth-order valence-corrected chi connectivity index (χ4v) is 3.39. The van der Waals surface area contributed by atoms with Gasteiger partial charge < -0.3 is 4.84 Å². The summed E-state index contributed by atoms with van der Waals surface area (Å²) in [5.41, 5.74) is 1.35. The van der Waals surface area contributed by atoms with Crippen LogP contribution in [0.5, 0.6) is 5.75 Å². The first-order valence-corrected chi connectivity index (χ1v) is 10.6. The molecule has 1 N–H and O–H groups in total. The topological polar surface area (TPSA) is 68.5 Å². The van der Waals surface area contributed by atoms with Crippen molar-refractivity contribution >= 4 is 17.2 Å². The number of hydrogen-bond acceptors (Lipinski definition) is 5. The van der Waals surface area contributed by atoms with Gasteiger partial charge in [-0.25, -0.2) is 10.2 Å². The Morgan fingerprint density at radius 1 is 1.32 bits per heavy atom. The number of hydrogen-bond donors (Lipinski definition) is 1. The van der Waals surface area contributed by atoms with Gasteiger partial charge >= 0.3 is 6.18 Å². The third kappa shape index (κ3) is 6.68. The van der Waals surface area contributed by atoms with Gasteiger partial charge in [-0.05, 0) is 31.5 Å². The van der Waals surface area contributed by atoms with Crippen LogP contribution in [0.4, 0.5) is 13.2 Å². The maximum atomic E-state index is 13.2. The van der Waals surface area contributed by atoms with E-state index in [4.69, 9.17) is 4.84 Å². The number of unbranched alkanes of at least 4 members (excludes halogenated alkanes) is 1. The van der Waals surface area contributed by atoms with E-state index in [0.717, 1.165) is 36.0 Å². The van der Waals surface area contributed by atoms with Crippen molar-refractivity contribution in [1.82, 2.24) is 15.3 Å². The first-order chi connectivity index (χ1) is 14.3. The third-order valence-corrected chi connectivity index (χ3v) is 5.43. The highest BCUT2D eigenvalue weighted by atomic mass is 32.1. The van der Waals surface area contributed by atoms with E-state index in [9.17, 15) is 18.0 Å². The van der Waals surface area contributed by atoms with Crippen LogP contribution in [0.15, 0.2) is 35.5 Å². The number of benzene rings is 1. The summed E-state index contributed by atoms with van der Waals surface area (Å²) in [6, 6.07) is 2.67. The van der Waals surface area contributed by atoms with E-state index in [-0.39, 0.29) is 16.7 Å². The molecule has 1 heterocycles. The van der Waals surface area contributed by atoms with Crippen LogP contribution < -0.4 is 15.1 Å². The second kappa shape index (κ2) is 9.67. The monoisotopic (exact) mass is 456 g/mol. The van der Waals surface area contributed by atoms with Gasteiger partial charge in [-0.15, -0.1) is 0 Å². The van der Waals surface area contributed by atoms with Crippen LogP contribution in [-0.4, -0.2) is 15.7 Å². The van der Waals surface area contributed by atoms with E-state index < -0.39 is 17.6 Å². The van der Waals surface area contributed by atoms with Crippen LogP contribution in [0.2, 0.25) is 0 Å². The molecule has 1 aromatic carbocycles. The summed E-state index contributed by atoms with van der Waals surface area (Å²) < 4.78 is 41.3. The summed E-state index contributed by atoms with van der Waals surface area (Å²) in [6.45, 7) is 13.8. The minimum Gasteiger partial charge on any atom is -0.382 e. The van der Waals surface area contributed by atoms with Crippen LogP contribution in [0, 0.1) is 0 Å². The zero-order valence-electron chi connectivity index (χ0n) is 18.3. The zero-order valence-corrected chi connectivity index (χ0v) is 19.1. The molecule has 0 saturated heterocycles. The minimum absolute atomic E-state index is 0.0783. The summed E-state index contributed by atoms with van der Waals surface area (Å²) in [5.74, 6) is -0.926. The van der Waals surface area contributed by atoms with Crippen LogP contribution in [0.1, 0.15) is 68.4 Å². The van der Waals surface area contributed by atoms with E-state index in [2.05, 4.69) is 22.2 Å². The molecule has 10 heteroatoms. The Morgan fingerprint density at radius 2 is 2.00 bits per heavy atom. The van der Waals surface area contributed by atoms with Crippen LogP contribution >= 0.6 is 11.3 Å². The molecule has 2 aromatic rings. The number of amides is 1. The van der Waals surface area contributed by atoms with E-state index in [1.807, 2.05) is 27.7 Å². The molecular weight excluding hydrogens is 429 g/mol. The van der Waals surface area contributed by atoms with Crippen LogP contribution in [-0.2, 0) is 18.1 Å². The summed E-state index contributed by atoms with van der Waals surface area (Å²) in [5, 5.41) is 5.34. The molecule has 0 aliphatic heterocycles. The van der Waals surface area contributed by atoms with E-state index in [1.54, 1.807) is 11.6 Å². The molecule has 1 aromatic heterocycles. The van der Waals surface area contributed by atoms with Gasteiger partial charge in [-0.2, -0.15) is 23.3 Å². The molecule has 0 aliphatic carbocycles. The lowest BCUT2D eigenvalue weighted by molar-refractivity contribution is -0.137. The number of halogens is 3. The lowest BCUT2D eigenvalue weighted by Gasteiger charge is -2.13. The summed E-state index contributed by atoms with van der Waals surface area (Å²) in [4.78, 5) is 22.7. The Kier molecular flexibility index (Phi) is 7.69. The largest absolute Gasteiger partial charge is 0.416 e. The van der Waals surface area contributed by atoms with Gasteiger partial charge in [-0.3, -0.25) is 4.79 Å². The molecule has 1 amide bonds. The van der Waals surface area contributed by atoms with Gasteiger partial charge in [0, 0.05) is 17.7 Å². The molecule has 6 nitrogen and oxygen atoms in total. The Balaban J connectivity index is 2.57. The van der Waals surface area contributed by atoms with Crippen molar-refractivity contribution in [2.75, 3.05) is 0 Å². The normalized spacial score (nSPS) is 12.7. The number of aromatic nitrogens is 2. The van der Waals surface area contributed by atoms with Gasteiger partial charge in [0.1, 0.15) is 5.01 Å². The Morgan fingerprint density at radius 3 is 2.55 bits per heavy atom. The molecule has 170 valence electrons. The standard InChI is InChI=1S/C21H27F3N4O2S/c1-7-8-11-28-19(31-18(26-28)20(4,5)6)25-17(29)15-12-14(21(22,23)24)9-10-16(15)30-27-13(2)3/h9-10,12,27H,2,7-8,11H2,1,3-6H3. The van der Waals surface area contributed by atoms with Gasteiger partial charge in [0.05, 0.1) is 11.1 Å². The van der Waals surface area contributed by atoms with Gasteiger partial charge in [0.15, 0.2) is 5.75 Å². The molecule has 0 fully saturated rings. The van der Waals surface area contributed by atoms with Crippen molar-refractivity contribution in [2.45, 2.75) is 65.6 Å². The average molecular weight is 457 g/mol. The van der Waals surface area contributed by atoms with E-state index >= 15 is 0 Å². The highest BCUT2D eigenvalue weighted by Gasteiger charge is 2.32.